The highest BCUT2D eigenvalue weighted by atomic mass is 35.5. The van der Waals surface area contributed by atoms with Crippen molar-refractivity contribution in [1.29, 1.82) is 0 Å². The molecule has 0 atom stereocenters. The van der Waals surface area contributed by atoms with E-state index in [1.807, 2.05) is 0 Å². The molecule has 0 aliphatic rings. The van der Waals surface area contributed by atoms with Crippen molar-refractivity contribution in [3.05, 3.63) is 29.6 Å². The monoisotopic (exact) mass is 278 g/mol. The van der Waals surface area contributed by atoms with Gasteiger partial charge in [-0.2, -0.15) is 0 Å². The first-order chi connectivity index (χ1) is 9.11. The Balaban J connectivity index is 2.30. The molecular weight excluding hydrogens is 256 g/mol. The number of alkyl halides is 1. The van der Waals surface area contributed by atoms with Gasteiger partial charge in [-0.25, -0.2) is 4.98 Å². The predicted molar refractivity (Wildman–Crippen MR) is 83.0 cm³/mol. The van der Waals surface area contributed by atoms with E-state index >= 15 is 0 Å². The van der Waals surface area contributed by atoms with Crippen LogP contribution in [-0.4, -0.2) is 15.4 Å². The molecule has 104 valence electrons. The van der Waals surface area contributed by atoms with E-state index in [1.54, 1.807) is 0 Å². The molecule has 1 heterocycles. The summed E-state index contributed by atoms with van der Waals surface area (Å²) in [6.45, 7) is 7.72. The average Bonchev–Trinajstić information content (AvgIpc) is 2.67. The number of rotatable bonds is 6. The number of hydrogen-bond donors (Lipinski definition) is 0. The Morgan fingerprint density at radius 2 is 2.11 bits per heavy atom. The van der Waals surface area contributed by atoms with Crippen LogP contribution in [0.25, 0.3) is 11.0 Å². The number of fused-ring (bicyclic) bond motifs is 1. The van der Waals surface area contributed by atoms with Crippen molar-refractivity contribution in [1.82, 2.24) is 9.55 Å². The van der Waals surface area contributed by atoms with Gasteiger partial charge in [0.2, 0.25) is 0 Å². The number of aromatic nitrogens is 2. The second-order valence-corrected chi connectivity index (χ2v) is 6.02. The molecule has 0 amide bonds. The molecule has 0 bridgehead atoms. The standard InChI is InChI=1S/C16H23ClN2/c1-12(2)5-4-10-19-15-11-13(3)6-7-14(15)18-16(19)8-9-17/h6-7,11-12H,4-5,8-10H2,1-3H3. The largest absolute Gasteiger partial charge is 0.328 e. The van der Waals surface area contributed by atoms with E-state index in [0.717, 1.165) is 30.2 Å². The van der Waals surface area contributed by atoms with Crippen LogP contribution in [0.3, 0.4) is 0 Å². The zero-order valence-electron chi connectivity index (χ0n) is 12.1. The Kier molecular flexibility index (Phi) is 4.87. The van der Waals surface area contributed by atoms with E-state index in [1.165, 1.54) is 23.9 Å². The van der Waals surface area contributed by atoms with Crippen LogP contribution in [0.4, 0.5) is 0 Å². The minimum absolute atomic E-state index is 0.631. The van der Waals surface area contributed by atoms with Crippen molar-refractivity contribution in [3.63, 3.8) is 0 Å². The van der Waals surface area contributed by atoms with Gasteiger partial charge in [0.1, 0.15) is 5.82 Å². The maximum atomic E-state index is 5.90. The quantitative estimate of drug-likeness (QED) is 0.708. The van der Waals surface area contributed by atoms with Crippen molar-refractivity contribution in [3.8, 4) is 0 Å². The fourth-order valence-corrected chi connectivity index (χ4v) is 2.63. The number of benzene rings is 1. The summed E-state index contributed by atoms with van der Waals surface area (Å²) in [5.74, 6) is 2.51. The normalized spacial score (nSPS) is 11.6. The lowest BCUT2D eigenvalue weighted by molar-refractivity contribution is 0.510. The van der Waals surface area contributed by atoms with Gasteiger partial charge in [0, 0.05) is 18.8 Å². The topological polar surface area (TPSA) is 17.8 Å². The van der Waals surface area contributed by atoms with Gasteiger partial charge in [-0.1, -0.05) is 19.9 Å². The van der Waals surface area contributed by atoms with Gasteiger partial charge >= 0.3 is 0 Å². The van der Waals surface area contributed by atoms with Crippen molar-refractivity contribution >= 4 is 22.6 Å². The first-order valence-corrected chi connectivity index (χ1v) is 7.67. The predicted octanol–water partition coefficient (Wildman–Crippen LogP) is 4.56. The van der Waals surface area contributed by atoms with Crippen LogP contribution in [0.15, 0.2) is 18.2 Å². The highest BCUT2D eigenvalue weighted by Crippen LogP contribution is 2.20. The first-order valence-electron chi connectivity index (χ1n) is 7.13. The summed E-state index contributed by atoms with van der Waals surface area (Å²) in [5.41, 5.74) is 3.63. The van der Waals surface area contributed by atoms with Crippen LogP contribution in [0.5, 0.6) is 0 Å². The van der Waals surface area contributed by atoms with Crippen molar-refractivity contribution in [2.75, 3.05) is 5.88 Å². The number of imidazole rings is 1. The summed E-state index contributed by atoms with van der Waals surface area (Å²) in [6.07, 6.45) is 3.30. The van der Waals surface area contributed by atoms with Crippen LogP contribution in [-0.2, 0) is 13.0 Å². The van der Waals surface area contributed by atoms with E-state index < -0.39 is 0 Å². The van der Waals surface area contributed by atoms with Crippen LogP contribution < -0.4 is 0 Å². The summed E-state index contributed by atoms with van der Waals surface area (Å²) in [4.78, 5) is 4.72. The van der Waals surface area contributed by atoms with Crippen molar-refractivity contribution in [2.24, 2.45) is 5.92 Å². The van der Waals surface area contributed by atoms with Crippen LogP contribution in [0.2, 0.25) is 0 Å². The summed E-state index contributed by atoms with van der Waals surface area (Å²) >= 11 is 5.90. The second-order valence-electron chi connectivity index (χ2n) is 5.65. The molecule has 0 N–H and O–H groups in total. The molecule has 2 rings (SSSR count). The van der Waals surface area contributed by atoms with Gasteiger partial charge in [-0.15, -0.1) is 11.6 Å². The van der Waals surface area contributed by atoms with Crippen LogP contribution in [0, 0.1) is 12.8 Å². The number of aryl methyl sites for hydroxylation is 3. The van der Waals surface area contributed by atoms with E-state index in [0.29, 0.717) is 5.88 Å². The summed E-state index contributed by atoms with van der Waals surface area (Å²) < 4.78 is 2.35. The van der Waals surface area contributed by atoms with Gasteiger partial charge < -0.3 is 4.57 Å². The molecule has 0 fully saturated rings. The molecule has 0 spiro atoms. The SMILES string of the molecule is Cc1ccc2nc(CCCl)n(CCCC(C)C)c2c1. The summed E-state index contributed by atoms with van der Waals surface area (Å²) in [7, 11) is 0. The van der Waals surface area contributed by atoms with Crippen molar-refractivity contribution < 1.29 is 0 Å². The van der Waals surface area contributed by atoms with Crippen LogP contribution in [0.1, 0.15) is 38.1 Å². The van der Waals surface area contributed by atoms with Crippen LogP contribution >= 0.6 is 11.6 Å². The molecule has 0 saturated heterocycles. The Morgan fingerprint density at radius 3 is 2.79 bits per heavy atom. The fourth-order valence-electron chi connectivity index (χ4n) is 2.47. The molecule has 0 radical (unpaired) electrons. The molecule has 2 aromatic rings. The van der Waals surface area contributed by atoms with E-state index in [4.69, 9.17) is 16.6 Å². The van der Waals surface area contributed by atoms with Gasteiger partial charge in [0.25, 0.3) is 0 Å². The lowest BCUT2D eigenvalue weighted by atomic mass is 10.1. The highest BCUT2D eigenvalue weighted by Gasteiger charge is 2.10. The third kappa shape index (κ3) is 3.50. The molecule has 19 heavy (non-hydrogen) atoms. The number of halogens is 1. The van der Waals surface area contributed by atoms with Gasteiger partial charge in [-0.3, -0.25) is 0 Å². The van der Waals surface area contributed by atoms with Gasteiger partial charge in [-0.05, 0) is 43.4 Å². The molecule has 0 aliphatic carbocycles. The lowest BCUT2D eigenvalue weighted by Gasteiger charge is -2.10. The summed E-state index contributed by atoms with van der Waals surface area (Å²) in [6, 6.07) is 6.47. The zero-order chi connectivity index (χ0) is 13.8. The molecule has 0 aliphatic heterocycles. The van der Waals surface area contributed by atoms with E-state index in [-0.39, 0.29) is 0 Å². The third-order valence-electron chi connectivity index (χ3n) is 3.46. The molecule has 0 saturated carbocycles. The minimum atomic E-state index is 0.631. The Morgan fingerprint density at radius 1 is 1.32 bits per heavy atom. The molecule has 1 aromatic carbocycles. The smallest absolute Gasteiger partial charge is 0.111 e. The zero-order valence-corrected chi connectivity index (χ0v) is 12.9. The second kappa shape index (κ2) is 6.42. The fraction of sp³-hybridized carbons (Fsp3) is 0.562. The number of nitrogens with zero attached hydrogens (tertiary/aromatic N) is 2. The average molecular weight is 279 g/mol. The maximum absolute atomic E-state index is 5.90. The molecule has 3 heteroatoms. The Hall–Kier alpha value is -1.02. The molecule has 0 unspecified atom stereocenters. The van der Waals surface area contributed by atoms with Gasteiger partial charge in [0.05, 0.1) is 11.0 Å². The molecule has 1 aromatic heterocycles. The first kappa shape index (κ1) is 14.4. The number of hydrogen-bond acceptors (Lipinski definition) is 1. The third-order valence-corrected chi connectivity index (χ3v) is 3.65. The minimum Gasteiger partial charge on any atom is -0.328 e. The van der Waals surface area contributed by atoms with E-state index in [9.17, 15) is 0 Å². The Bertz CT molecular complexity index is 543. The summed E-state index contributed by atoms with van der Waals surface area (Å²) in [5, 5.41) is 0. The molecule has 2 nitrogen and oxygen atoms in total. The van der Waals surface area contributed by atoms with E-state index in [2.05, 4.69) is 43.5 Å². The maximum Gasteiger partial charge on any atom is 0.111 e. The van der Waals surface area contributed by atoms with Gasteiger partial charge in [0.15, 0.2) is 0 Å². The Labute approximate surface area is 120 Å². The highest BCUT2D eigenvalue weighted by molar-refractivity contribution is 6.17. The van der Waals surface area contributed by atoms with Crippen molar-refractivity contribution in [2.45, 2.75) is 46.6 Å². The molecular formula is C16H23ClN2. The lowest BCUT2D eigenvalue weighted by Crippen LogP contribution is -2.06.